The van der Waals surface area contributed by atoms with Crippen LogP contribution in [-0.4, -0.2) is 80.3 Å². The van der Waals surface area contributed by atoms with Crippen LogP contribution >= 0.6 is 0 Å². The van der Waals surface area contributed by atoms with E-state index in [1.807, 2.05) is 13.8 Å². The standard InChI is InChI=1S/C78H72B4O12.2C6H14/c1-13-85-69-57-33-41-25-17-21-29-45(41)61(69)62-46-30-22-18-26-42(46)34-58(70(62)86-14-2)82-90-66-50-38-52-48(36-54(50)78(9,10)74(66)94-82)64-72(76(52,5)6)92-80(88-64)56-32-40-24-16-20-28-44(40)60(68(56)84-12)59-43-27-19-15-23-39(43)31-55(67(59)83-11)79-87-63-47-35-53-49(37-51(47)75(3,4)71(63)91-79)65-73(77(53,7)8)93-81(57)89-65;2*1-3-5-6-4-2/h15-38,63-66,71-74H,13-14H2,1-12H3;2*3-6H2,1-2H3/t63-,64-,65-,66-,71-,72-,73-,74-;;/m0../s1. The molecular formula is C90H100B4O12. The molecule has 17 heterocycles. The molecule has 0 spiro atoms. The van der Waals surface area contributed by atoms with Gasteiger partial charge in [0.25, 0.3) is 0 Å². The molecule has 4 fully saturated rings. The average molecular weight is 1420 g/mol. The van der Waals surface area contributed by atoms with Crippen LogP contribution < -0.4 is 40.8 Å². The van der Waals surface area contributed by atoms with Crippen molar-refractivity contribution in [1.82, 2.24) is 0 Å². The first-order chi connectivity index (χ1) is 51.3. The summed E-state index contributed by atoms with van der Waals surface area (Å²) in [5.41, 5.74) is 13.9. The van der Waals surface area contributed by atoms with E-state index >= 15 is 0 Å². The Bertz CT molecular complexity index is 4800. The number of fused-ring (bicyclic) bond motifs is 4. The zero-order valence-electron chi connectivity index (χ0n) is 64.8. The van der Waals surface area contributed by atoms with Gasteiger partial charge in [-0.05, 0) is 101 Å². The van der Waals surface area contributed by atoms with E-state index in [2.05, 4.69) is 229 Å². The largest absolute Gasteiger partial charge is 0.498 e. The van der Waals surface area contributed by atoms with Crippen molar-refractivity contribution in [2.45, 2.75) is 219 Å². The summed E-state index contributed by atoms with van der Waals surface area (Å²) in [5.74, 6) is 2.65. The van der Waals surface area contributed by atoms with Gasteiger partial charge in [0, 0.05) is 65.8 Å². The molecule has 21 aliphatic rings. The minimum Gasteiger partial charge on any atom is -0.496 e. The van der Waals surface area contributed by atoms with E-state index in [1.165, 1.54) is 73.6 Å². The molecular weight excluding hydrogens is 1320 g/mol. The van der Waals surface area contributed by atoms with Crippen LogP contribution in [0.3, 0.4) is 0 Å². The number of unbranched alkanes of at least 4 members (excludes halogenated alkanes) is 6. The number of hydrogen-bond acceptors (Lipinski definition) is 12. The van der Waals surface area contributed by atoms with Gasteiger partial charge in [0.15, 0.2) is 0 Å². The summed E-state index contributed by atoms with van der Waals surface area (Å²) >= 11 is 0. The van der Waals surface area contributed by atoms with E-state index in [0.29, 0.717) is 36.2 Å². The molecule has 0 amide bonds. The second-order valence-electron chi connectivity index (χ2n) is 33.0. The molecule has 4 saturated heterocycles. The second kappa shape index (κ2) is 27.2. The first kappa shape index (κ1) is 71.3. The highest BCUT2D eigenvalue weighted by Crippen LogP contribution is 2.62. The van der Waals surface area contributed by atoms with Gasteiger partial charge in [0.05, 0.1) is 76.3 Å². The fourth-order valence-corrected chi connectivity index (χ4v) is 19.7. The molecule has 16 heteroatoms. The topological polar surface area (TPSA) is 111 Å². The Morgan fingerprint density at radius 3 is 0.755 bits per heavy atom. The molecule has 544 valence electrons. The Kier molecular flexibility index (Phi) is 18.3. The molecule has 0 radical (unpaired) electrons. The number of hydrogen-bond donors (Lipinski definition) is 0. The summed E-state index contributed by atoms with van der Waals surface area (Å²) in [6.45, 7) is 32.1. The van der Waals surface area contributed by atoms with Crippen LogP contribution in [0.2, 0.25) is 0 Å². The van der Waals surface area contributed by atoms with Crippen molar-refractivity contribution in [2.75, 3.05) is 27.4 Å². The van der Waals surface area contributed by atoms with Crippen molar-refractivity contribution in [2.24, 2.45) is 0 Å². The van der Waals surface area contributed by atoms with E-state index in [9.17, 15) is 0 Å². The Morgan fingerprint density at radius 1 is 0.302 bits per heavy atom. The van der Waals surface area contributed by atoms with Crippen LogP contribution in [0.25, 0.3) is 65.3 Å². The summed E-state index contributed by atoms with van der Waals surface area (Å²) in [6.07, 6.45) is 8.19. The number of benzene rings is 10. The summed E-state index contributed by atoms with van der Waals surface area (Å²) in [7, 11) is 0.361. The molecule has 10 aromatic carbocycles. The maximum absolute atomic E-state index is 7.46. The van der Waals surface area contributed by atoms with Gasteiger partial charge in [0.2, 0.25) is 0 Å². The third-order valence-corrected chi connectivity index (χ3v) is 25.1. The summed E-state index contributed by atoms with van der Waals surface area (Å²) in [6, 6.07) is 52.3. The third kappa shape index (κ3) is 10.8. The number of rotatable bonds is 12. The minimum atomic E-state index is -0.784. The van der Waals surface area contributed by atoms with Crippen LogP contribution in [0.4, 0.5) is 0 Å². The van der Waals surface area contributed by atoms with Gasteiger partial charge in [-0.2, -0.15) is 0 Å². The second-order valence-corrected chi connectivity index (χ2v) is 33.0. The van der Waals surface area contributed by atoms with Crippen LogP contribution in [0.15, 0.2) is 146 Å². The minimum absolute atomic E-state index is 0.335. The summed E-state index contributed by atoms with van der Waals surface area (Å²) in [5, 5.41) is 8.06. The van der Waals surface area contributed by atoms with Crippen molar-refractivity contribution in [3.63, 3.8) is 0 Å². The summed E-state index contributed by atoms with van der Waals surface area (Å²) < 4.78 is 87.1. The highest BCUT2D eigenvalue weighted by Gasteiger charge is 2.63. The molecule has 31 rings (SSSR count). The van der Waals surface area contributed by atoms with E-state index in [-0.39, 0.29) is 48.8 Å². The molecule has 28 bridgehead atoms. The Balaban J connectivity index is 0.000000639. The lowest BCUT2D eigenvalue weighted by Crippen LogP contribution is -2.39. The predicted molar refractivity (Wildman–Crippen MR) is 430 cm³/mol. The van der Waals surface area contributed by atoms with Crippen molar-refractivity contribution >= 4 is 93.4 Å². The normalized spacial score (nSPS) is 23.4. The lowest BCUT2D eigenvalue weighted by atomic mass is 9.72. The van der Waals surface area contributed by atoms with Gasteiger partial charge in [-0.25, -0.2) is 0 Å². The Labute approximate surface area is 627 Å². The highest BCUT2D eigenvalue weighted by atomic mass is 16.7. The fourth-order valence-electron chi connectivity index (χ4n) is 19.7. The number of methoxy groups -OCH3 is 2. The van der Waals surface area contributed by atoms with Crippen molar-refractivity contribution in [3.05, 3.63) is 190 Å². The molecule has 17 aliphatic heterocycles. The highest BCUT2D eigenvalue weighted by molar-refractivity contribution is 6.66. The quantitative estimate of drug-likeness (QED) is 0.0858. The lowest BCUT2D eigenvalue weighted by Gasteiger charge is -2.29. The van der Waals surface area contributed by atoms with E-state index < -0.39 is 50.1 Å². The van der Waals surface area contributed by atoms with Gasteiger partial charge >= 0.3 is 28.5 Å². The van der Waals surface area contributed by atoms with Crippen LogP contribution in [0.5, 0.6) is 23.0 Å². The zero-order chi connectivity index (χ0) is 73.6. The van der Waals surface area contributed by atoms with Gasteiger partial charge in [-0.1, -0.05) is 280 Å². The van der Waals surface area contributed by atoms with Gasteiger partial charge < -0.3 is 56.2 Å². The molecule has 0 N–H and O–H groups in total. The Morgan fingerprint density at radius 2 is 0.528 bits per heavy atom. The van der Waals surface area contributed by atoms with Crippen LogP contribution in [0.1, 0.15) is 217 Å². The average Bonchev–Trinajstić information content (AvgIpc) is 1.48. The molecule has 8 atom stereocenters. The first-order valence-corrected chi connectivity index (χ1v) is 39.4. The number of ether oxygens (including phenoxy) is 4. The first-order valence-electron chi connectivity index (χ1n) is 39.4. The summed E-state index contributed by atoms with van der Waals surface area (Å²) in [4.78, 5) is 0. The SMILES string of the molecule is CCCCCC.CCCCCC.CCOc1c2cc3ccccc3c1-c1c(OCC)c(cc3ccccc13)B1O[C@H]3c4cc5c(cc4C(C)(C)[C@H]3O1)[C@@H]1OB(O[C@@H]1C5(C)C)c1cc3ccccc3c(c1OC)-c1c(OC)c(cc3ccccc13)B1O[C@H]3c4cc5c(cc4C(C)(C)[C@H]3O1)[C@@H]1OB2O[C@@H]1C5(C)C. The monoisotopic (exact) mass is 1420 g/mol. The van der Waals surface area contributed by atoms with Gasteiger partial charge in [0.1, 0.15) is 23.0 Å². The molecule has 0 saturated carbocycles. The Hall–Kier alpha value is -7.62. The molecule has 10 aromatic rings. The fraction of sp³-hybridized carbons (Fsp3) is 0.422. The molecule has 0 aromatic heterocycles. The van der Waals surface area contributed by atoms with E-state index in [0.717, 1.165) is 109 Å². The van der Waals surface area contributed by atoms with Gasteiger partial charge in [-0.15, -0.1) is 0 Å². The van der Waals surface area contributed by atoms with Crippen molar-refractivity contribution < 1.29 is 56.2 Å². The third-order valence-electron chi connectivity index (χ3n) is 25.1. The zero-order valence-corrected chi connectivity index (χ0v) is 64.8. The predicted octanol–water partition coefficient (Wildman–Crippen LogP) is 18.5. The van der Waals surface area contributed by atoms with Crippen molar-refractivity contribution in [1.29, 1.82) is 0 Å². The smallest absolute Gasteiger partial charge is 0.496 e. The lowest BCUT2D eigenvalue weighted by molar-refractivity contribution is 0.113. The van der Waals surface area contributed by atoms with Gasteiger partial charge in [-0.3, -0.25) is 0 Å². The van der Waals surface area contributed by atoms with Crippen molar-refractivity contribution in [3.8, 4) is 45.3 Å². The van der Waals surface area contributed by atoms with Crippen LogP contribution in [0, 0.1) is 0 Å². The molecule has 4 aliphatic carbocycles. The maximum Gasteiger partial charge on any atom is 0.498 e. The van der Waals surface area contributed by atoms with Crippen LogP contribution in [-0.2, 0) is 58.9 Å². The van der Waals surface area contributed by atoms with E-state index in [4.69, 9.17) is 56.2 Å². The maximum atomic E-state index is 7.46. The molecule has 12 nitrogen and oxygen atoms in total. The molecule has 0 unspecified atom stereocenters. The van der Waals surface area contributed by atoms with E-state index in [1.54, 1.807) is 14.2 Å². The molecule has 106 heavy (non-hydrogen) atoms.